The Morgan fingerprint density at radius 3 is 0.944 bits per heavy atom. The molecule has 0 unspecified atom stereocenters. The average molecular weight is 602 g/mol. The fourth-order valence-electron chi connectivity index (χ4n) is 3.60. The summed E-state index contributed by atoms with van der Waals surface area (Å²) in [5.41, 5.74) is 2.42. The third-order valence-electron chi connectivity index (χ3n) is 5.40. The molecule has 36 heavy (non-hydrogen) atoms. The molecule has 4 aromatic carbocycles. The number of rotatable bonds is 0. The number of phenols is 2. The highest BCUT2D eigenvalue weighted by molar-refractivity contribution is 9.10. The highest BCUT2D eigenvalue weighted by Gasteiger charge is 2.03. The molecule has 1 aromatic heterocycles. The minimum absolute atomic E-state index is 0.0542. The molecule has 0 fully saturated rings. The molecule has 0 aliphatic rings. The summed E-state index contributed by atoms with van der Waals surface area (Å²) in [6, 6.07) is 21.9. The van der Waals surface area contributed by atoms with Gasteiger partial charge in [-0.1, -0.05) is 56.1 Å². The van der Waals surface area contributed by atoms with Gasteiger partial charge in [0, 0.05) is 55.3 Å². The maximum atomic E-state index is 10.9. The molecule has 0 aliphatic heterocycles. The monoisotopic (exact) mass is 600 g/mol. The van der Waals surface area contributed by atoms with Gasteiger partial charge >= 0.3 is 0 Å². The second-order valence-corrected chi connectivity index (χ2v) is 9.71. The minimum Gasteiger partial charge on any atom is -0.507 e. The van der Waals surface area contributed by atoms with Crippen LogP contribution in [0.3, 0.4) is 0 Å². The van der Waals surface area contributed by atoms with Crippen LogP contribution in [-0.4, -0.2) is 30.1 Å². The fraction of sp³-hybridized carbons (Fsp3) is 0. The van der Waals surface area contributed by atoms with E-state index in [-0.39, 0.29) is 11.5 Å². The summed E-state index contributed by atoms with van der Waals surface area (Å²) in [5.74, 6) is 0.108. The number of aromatic hydroxyl groups is 2. The van der Waals surface area contributed by atoms with Crippen molar-refractivity contribution >= 4 is 75.5 Å². The summed E-state index contributed by atoms with van der Waals surface area (Å²) in [6.07, 6.45) is 6.34. The first kappa shape index (κ1) is 23.8. The summed E-state index contributed by atoms with van der Waals surface area (Å²) in [7, 11) is 0. The van der Waals surface area contributed by atoms with E-state index in [4.69, 9.17) is 0 Å². The van der Waals surface area contributed by atoms with Gasteiger partial charge in [-0.25, -0.2) is 0 Å². The molecule has 0 saturated carbocycles. The number of fused-ring (bicyclic) bond motifs is 6. The van der Waals surface area contributed by atoms with Crippen LogP contribution in [0.1, 0.15) is 0 Å². The van der Waals surface area contributed by atoms with E-state index in [2.05, 4.69) is 51.8 Å². The molecule has 0 radical (unpaired) electrons. The fourth-order valence-corrected chi connectivity index (χ4v) is 4.59. The number of hydrogen-bond donors (Lipinski definition) is 2. The molecule has 0 atom stereocenters. The summed E-state index contributed by atoms with van der Waals surface area (Å²) >= 11 is 7.01. The molecule has 1 heterocycles. The summed E-state index contributed by atoms with van der Waals surface area (Å²) < 4.78 is 1.55. The number of aromatic nitrogens is 4. The Hall–Kier alpha value is -3.88. The number of hydrogen-bond acceptors (Lipinski definition) is 6. The van der Waals surface area contributed by atoms with Gasteiger partial charge in [0.1, 0.15) is 11.5 Å². The maximum absolute atomic E-state index is 10.9. The van der Waals surface area contributed by atoms with Gasteiger partial charge in [0.05, 0.1) is 22.1 Å². The van der Waals surface area contributed by atoms with Crippen molar-refractivity contribution in [1.29, 1.82) is 0 Å². The number of phenolic OH excluding ortho intramolecular Hbond substituents is 2. The number of halogens is 2. The van der Waals surface area contributed by atoms with Gasteiger partial charge in [-0.2, -0.15) is 0 Å². The quantitative estimate of drug-likeness (QED) is 0.190. The van der Waals surface area contributed by atoms with Gasteiger partial charge in [-0.3, -0.25) is 19.9 Å². The van der Waals surface area contributed by atoms with Crippen LogP contribution < -0.4 is 0 Å². The van der Waals surface area contributed by atoms with Gasteiger partial charge < -0.3 is 10.2 Å². The summed E-state index contributed by atoms with van der Waals surface area (Å²) in [4.78, 5) is 18.3. The van der Waals surface area contributed by atoms with E-state index in [0.717, 1.165) is 8.95 Å². The molecule has 6 nitrogen and oxygen atoms in total. The molecule has 5 rings (SSSR count). The Morgan fingerprint density at radius 1 is 0.444 bits per heavy atom. The van der Waals surface area contributed by atoms with Gasteiger partial charge in [0.25, 0.3) is 0 Å². The number of para-hydroxylation sites is 4. The zero-order valence-corrected chi connectivity index (χ0v) is 21.8. The molecule has 5 aromatic rings. The van der Waals surface area contributed by atoms with E-state index >= 15 is 0 Å². The van der Waals surface area contributed by atoms with E-state index in [1.54, 1.807) is 49.1 Å². The molecule has 176 valence electrons. The lowest BCUT2D eigenvalue weighted by atomic mass is 10.2. The standard InChI is InChI=1S/C28H18Br2N4O2/c29-21-9-17-13-31-23-5-1-2-6-24(23)32-14-18-10-22(30)12-20(28(18)36)16-34-26-8-4-3-7-25(26)33-15-19(11-21)27(17)35/h1-16,35-36H. The van der Waals surface area contributed by atoms with E-state index in [9.17, 15) is 10.2 Å². The Morgan fingerprint density at radius 2 is 0.694 bits per heavy atom. The lowest BCUT2D eigenvalue weighted by molar-refractivity contribution is 0.486. The van der Waals surface area contributed by atoms with Crippen molar-refractivity contribution < 1.29 is 10.2 Å². The molecule has 8 heteroatoms. The maximum Gasteiger partial charge on any atom is 0.133 e. The van der Waals surface area contributed by atoms with Crippen molar-refractivity contribution in [1.82, 2.24) is 19.9 Å². The molecule has 0 spiro atoms. The number of benzene rings is 4. The zero-order valence-electron chi connectivity index (χ0n) is 18.7. The second kappa shape index (κ2) is 10.4. The number of nitrogens with zero attached hydrogens (tertiary/aromatic N) is 4. The molecule has 0 aliphatic carbocycles. The van der Waals surface area contributed by atoms with E-state index in [1.807, 2.05) is 48.5 Å². The van der Waals surface area contributed by atoms with Gasteiger partial charge in [-0.05, 0) is 48.5 Å². The molecule has 0 amide bonds. The van der Waals surface area contributed by atoms with Gasteiger partial charge in [-0.15, -0.1) is 0 Å². The normalized spacial score (nSPS) is 10.7. The smallest absolute Gasteiger partial charge is 0.133 e. The first-order valence-electron chi connectivity index (χ1n) is 10.9. The van der Waals surface area contributed by atoms with Crippen molar-refractivity contribution in [2.75, 3.05) is 0 Å². The molecular weight excluding hydrogens is 584 g/mol. The van der Waals surface area contributed by atoms with E-state index in [0.29, 0.717) is 43.6 Å². The SMILES string of the molecule is Oc1c2cnc3ccccc3ncc3cc(Br)cc(cnc4ccccc4ncc1cc(Br)c2)c3O. The van der Waals surface area contributed by atoms with Gasteiger partial charge in [0.15, 0.2) is 0 Å². The topological polar surface area (TPSA) is 92.0 Å². The highest BCUT2D eigenvalue weighted by Crippen LogP contribution is 2.29. The largest absolute Gasteiger partial charge is 0.507 e. The first-order valence-corrected chi connectivity index (χ1v) is 12.5. The van der Waals surface area contributed by atoms with Crippen molar-refractivity contribution in [3.63, 3.8) is 0 Å². The molecule has 0 saturated heterocycles. The average Bonchev–Trinajstić information content (AvgIpc) is 2.88. The minimum atomic E-state index is 0.0542. The third kappa shape index (κ3) is 5.19. The lowest BCUT2D eigenvalue weighted by Crippen LogP contribution is -1.80. The Kier molecular flexibility index (Phi) is 6.88. The van der Waals surface area contributed by atoms with Crippen LogP contribution in [0.25, 0.3) is 43.6 Å². The van der Waals surface area contributed by atoms with Crippen LogP contribution in [0, 0.1) is 0 Å². The van der Waals surface area contributed by atoms with Crippen molar-refractivity contribution in [2.24, 2.45) is 0 Å². The van der Waals surface area contributed by atoms with Crippen molar-refractivity contribution in [2.45, 2.75) is 0 Å². The van der Waals surface area contributed by atoms with Crippen LogP contribution >= 0.6 is 31.9 Å². The molecule has 2 N–H and O–H groups in total. The van der Waals surface area contributed by atoms with Crippen LogP contribution in [0.4, 0.5) is 0 Å². The van der Waals surface area contributed by atoms with Gasteiger partial charge in [0.2, 0.25) is 0 Å². The Labute approximate surface area is 222 Å². The predicted molar refractivity (Wildman–Crippen MR) is 150 cm³/mol. The van der Waals surface area contributed by atoms with E-state index < -0.39 is 0 Å². The van der Waals surface area contributed by atoms with Crippen LogP contribution in [0.5, 0.6) is 11.5 Å². The predicted octanol–water partition coefficient (Wildman–Crippen LogP) is 7.63. The zero-order chi connectivity index (χ0) is 25.1. The lowest BCUT2D eigenvalue weighted by Gasteiger charge is -2.00. The van der Waals surface area contributed by atoms with Crippen LogP contribution in [-0.2, 0) is 0 Å². The van der Waals surface area contributed by atoms with Crippen molar-refractivity contribution in [3.8, 4) is 11.5 Å². The van der Waals surface area contributed by atoms with Crippen molar-refractivity contribution in [3.05, 3.63) is 107 Å². The second-order valence-electron chi connectivity index (χ2n) is 7.88. The highest BCUT2D eigenvalue weighted by atomic mass is 79.9. The van der Waals surface area contributed by atoms with Crippen LogP contribution in [0.15, 0.2) is 107 Å². The Bertz CT molecular complexity index is 1550. The Balaban J connectivity index is 1.96. The van der Waals surface area contributed by atoms with E-state index in [1.165, 1.54) is 0 Å². The third-order valence-corrected chi connectivity index (χ3v) is 6.32. The summed E-state index contributed by atoms with van der Waals surface area (Å²) in [5, 5.41) is 23.9. The first-order chi connectivity index (χ1) is 17.5. The molecule has 4 bridgehead atoms. The summed E-state index contributed by atoms with van der Waals surface area (Å²) in [6.45, 7) is 0. The molecular formula is C28H18Br2N4O2. The van der Waals surface area contributed by atoms with Crippen LogP contribution in [0.2, 0.25) is 0 Å².